The Labute approximate surface area is 168 Å². The zero-order valence-electron chi connectivity index (χ0n) is 17.1. The molecule has 28 heavy (non-hydrogen) atoms. The predicted molar refractivity (Wildman–Crippen MR) is 111 cm³/mol. The summed E-state index contributed by atoms with van der Waals surface area (Å²) in [7, 11) is 0. The number of anilines is 1. The molecule has 3 fully saturated rings. The van der Waals surface area contributed by atoms with Crippen LogP contribution in [0.5, 0.6) is 0 Å². The molecule has 154 valence electrons. The number of likely N-dealkylation sites (tertiary alicyclic amines) is 2. The SMILES string of the molecule is CC1CCN(C(=O)c2ccc(NC3CCN(CC4CCOC4)CC3)nc2)CC1. The van der Waals surface area contributed by atoms with Gasteiger partial charge in [-0.2, -0.15) is 0 Å². The molecule has 0 aliphatic carbocycles. The van der Waals surface area contributed by atoms with Crippen LogP contribution in [0.1, 0.15) is 49.4 Å². The largest absolute Gasteiger partial charge is 0.381 e. The van der Waals surface area contributed by atoms with Gasteiger partial charge in [-0.25, -0.2) is 4.98 Å². The van der Waals surface area contributed by atoms with Crippen molar-refractivity contribution in [3.05, 3.63) is 23.9 Å². The lowest BCUT2D eigenvalue weighted by Gasteiger charge is -2.33. The molecule has 3 saturated heterocycles. The van der Waals surface area contributed by atoms with Crippen LogP contribution in [0.2, 0.25) is 0 Å². The van der Waals surface area contributed by atoms with E-state index in [1.807, 2.05) is 17.0 Å². The maximum atomic E-state index is 12.6. The second-order valence-electron chi connectivity index (χ2n) is 8.86. The van der Waals surface area contributed by atoms with E-state index < -0.39 is 0 Å². The van der Waals surface area contributed by atoms with Crippen molar-refractivity contribution in [2.75, 3.05) is 51.3 Å². The predicted octanol–water partition coefficient (Wildman–Crippen LogP) is 2.87. The van der Waals surface area contributed by atoms with Gasteiger partial charge in [-0.3, -0.25) is 4.79 Å². The fourth-order valence-corrected chi connectivity index (χ4v) is 4.56. The molecular weight excluding hydrogens is 352 g/mol. The molecule has 0 aromatic carbocycles. The molecule has 1 atom stereocenters. The van der Waals surface area contributed by atoms with Crippen LogP contribution in [0.25, 0.3) is 0 Å². The molecule has 3 aliphatic rings. The number of piperidine rings is 2. The van der Waals surface area contributed by atoms with E-state index in [9.17, 15) is 4.79 Å². The molecule has 1 unspecified atom stereocenters. The van der Waals surface area contributed by atoms with Crippen LogP contribution in [-0.2, 0) is 4.74 Å². The summed E-state index contributed by atoms with van der Waals surface area (Å²) in [5, 5.41) is 3.56. The second-order valence-corrected chi connectivity index (χ2v) is 8.86. The number of hydrogen-bond acceptors (Lipinski definition) is 5. The number of carbonyl (C=O) groups excluding carboxylic acids is 1. The first-order chi connectivity index (χ1) is 13.7. The molecule has 0 spiro atoms. The zero-order chi connectivity index (χ0) is 19.3. The van der Waals surface area contributed by atoms with Crippen molar-refractivity contribution in [3.8, 4) is 0 Å². The summed E-state index contributed by atoms with van der Waals surface area (Å²) < 4.78 is 5.49. The highest BCUT2D eigenvalue weighted by molar-refractivity contribution is 5.94. The summed E-state index contributed by atoms with van der Waals surface area (Å²) in [5.41, 5.74) is 0.703. The summed E-state index contributed by atoms with van der Waals surface area (Å²) >= 11 is 0. The normalized spacial score (nSPS) is 25.2. The average Bonchev–Trinajstić information content (AvgIpc) is 3.23. The van der Waals surface area contributed by atoms with Gasteiger partial charge in [-0.15, -0.1) is 0 Å². The number of carbonyl (C=O) groups is 1. The van der Waals surface area contributed by atoms with Crippen molar-refractivity contribution in [2.24, 2.45) is 11.8 Å². The molecule has 4 rings (SSSR count). The molecule has 4 heterocycles. The van der Waals surface area contributed by atoms with E-state index in [4.69, 9.17) is 4.74 Å². The Morgan fingerprint density at radius 1 is 1.14 bits per heavy atom. The standard InChI is InChI=1S/C22H34N4O2/c1-17-4-11-26(12-5-17)22(27)19-2-3-21(23-14-19)24-20-6-9-25(10-7-20)15-18-8-13-28-16-18/h2-3,14,17-18,20H,4-13,15-16H2,1H3,(H,23,24). The minimum atomic E-state index is 0.121. The van der Waals surface area contributed by atoms with Crippen LogP contribution in [0, 0.1) is 11.8 Å². The number of nitrogens with zero attached hydrogens (tertiary/aromatic N) is 3. The van der Waals surface area contributed by atoms with Gasteiger partial charge in [-0.05, 0) is 56.1 Å². The van der Waals surface area contributed by atoms with E-state index in [0.29, 0.717) is 11.6 Å². The Bertz CT molecular complexity index is 628. The Kier molecular flexibility index (Phi) is 6.47. The van der Waals surface area contributed by atoms with Gasteiger partial charge >= 0.3 is 0 Å². The van der Waals surface area contributed by atoms with Crippen molar-refractivity contribution < 1.29 is 9.53 Å². The summed E-state index contributed by atoms with van der Waals surface area (Å²) in [6, 6.07) is 4.35. The Hall–Kier alpha value is -1.66. The van der Waals surface area contributed by atoms with E-state index in [1.54, 1.807) is 6.20 Å². The van der Waals surface area contributed by atoms with E-state index in [-0.39, 0.29) is 5.91 Å². The minimum Gasteiger partial charge on any atom is -0.381 e. The maximum Gasteiger partial charge on any atom is 0.255 e. The molecule has 0 radical (unpaired) electrons. The van der Waals surface area contributed by atoms with Crippen molar-refractivity contribution in [1.29, 1.82) is 0 Å². The molecule has 6 nitrogen and oxygen atoms in total. The van der Waals surface area contributed by atoms with Gasteiger partial charge in [0.25, 0.3) is 5.91 Å². The quantitative estimate of drug-likeness (QED) is 0.843. The lowest BCUT2D eigenvalue weighted by atomic mass is 9.99. The van der Waals surface area contributed by atoms with Crippen molar-refractivity contribution in [1.82, 2.24) is 14.8 Å². The Morgan fingerprint density at radius 3 is 2.57 bits per heavy atom. The number of ether oxygens (including phenoxy) is 1. The molecule has 6 heteroatoms. The lowest BCUT2D eigenvalue weighted by molar-refractivity contribution is 0.0697. The smallest absolute Gasteiger partial charge is 0.255 e. The fraction of sp³-hybridized carbons (Fsp3) is 0.727. The van der Waals surface area contributed by atoms with Gasteiger partial charge in [0, 0.05) is 51.6 Å². The van der Waals surface area contributed by atoms with Crippen LogP contribution >= 0.6 is 0 Å². The molecule has 0 saturated carbocycles. The highest BCUT2D eigenvalue weighted by atomic mass is 16.5. The third kappa shape index (κ3) is 5.03. The van der Waals surface area contributed by atoms with E-state index in [1.165, 1.54) is 13.0 Å². The summed E-state index contributed by atoms with van der Waals surface area (Å²) in [6.07, 6.45) is 7.43. The molecule has 3 aliphatic heterocycles. The number of hydrogen-bond donors (Lipinski definition) is 1. The van der Waals surface area contributed by atoms with Gasteiger partial charge < -0.3 is 19.9 Å². The number of amides is 1. The van der Waals surface area contributed by atoms with E-state index >= 15 is 0 Å². The molecule has 1 amide bonds. The molecule has 1 aromatic heterocycles. The summed E-state index contributed by atoms with van der Waals surface area (Å²) in [6.45, 7) is 9.31. The molecule has 1 aromatic rings. The first kappa shape index (κ1) is 19.6. The van der Waals surface area contributed by atoms with Gasteiger partial charge in [0.2, 0.25) is 0 Å². The minimum absolute atomic E-state index is 0.121. The number of aromatic nitrogens is 1. The molecule has 0 bridgehead atoms. The van der Waals surface area contributed by atoms with Crippen molar-refractivity contribution in [2.45, 2.75) is 45.1 Å². The van der Waals surface area contributed by atoms with Crippen molar-refractivity contribution in [3.63, 3.8) is 0 Å². The number of pyridine rings is 1. The molecule has 1 N–H and O–H groups in total. The average molecular weight is 387 g/mol. The van der Waals surface area contributed by atoms with Crippen LogP contribution < -0.4 is 5.32 Å². The Morgan fingerprint density at radius 2 is 1.93 bits per heavy atom. The van der Waals surface area contributed by atoms with Gasteiger partial charge in [0.15, 0.2) is 0 Å². The number of rotatable bonds is 5. The first-order valence-electron chi connectivity index (χ1n) is 11.0. The second kappa shape index (κ2) is 9.23. The Balaban J connectivity index is 1.23. The van der Waals surface area contributed by atoms with Gasteiger partial charge in [0.1, 0.15) is 5.82 Å². The van der Waals surface area contributed by atoms with E-state index in [0.717, 1.165) is 82.7 Å². The van der Waals surface area contributed by atoms with Gasteiger partial charge in [0.05, 0.1) is 12.2 Å². The third-order valence-electron chi connectivity index (χ3n) is 6.56. The fourth-order valence-electron chi connectivity index (χ4n) is 4.56. The molecular formula is C22H34N4O2. The lowest BCUT2D eigenvalue weighted by Crippen LogP contribution is -2.41. The maximum absolute atomic E-state index is 12.6. The van der Waals surface area contributed by atoms with Gasteiger partial charge in [-0.1, -0.05) is 6.92 Å². The number of nitrogens with one attached hydrogen (secondary N) is 1. The first-order valence-corrected chi connectivity index (χ1v) is 11.0. The monoisotopic (exact) mass is 386 g/mol. The zero-order valence-corrected chi connectivity index (χ0v) is 17.1. The third-order valence-corrected chi connectivity index (χ3v) is 6.56. The van der Waals surface area contributed by atoms with Crippen molar-refractivity contribution >= 4 is 11.7 Å². The van der Waals surface area contributed by atoms with Crippen LogP contribution in [0.4, 0.5) is 5.82 Å². The highest BCUT2D eigenvalue weighted by Crippen LogP contribution is 2.21. The summed E-state index contributed by atoms with van der Waals surface area (Å²) in [5.74, 6) is 2.45. The summed E-state index contributed by atoms with van der Waals surface area (Å²) in [4.78, 5) is 21.7. The van der Waals surface area contributed by atoms with Crippen LogP contribution in [0.3, 0.4) is 0 Å². The van der Waals surface area contributed by atoms with Crippen LogP contribution in [0.15, 0.2) is 18.3 Å². The topological polar surface area (TPSA) is 57.7 Å². The van der Waals surface area contributed by atoms with Crippen LogP contribution in [-0.4, -0.2) is 72.7 Å². The van der Waals surface area contributed by atoms with E-state index in [2.05, 4.69) is 22.1 Å². The highest BCUT2D eigenvalue weighted by Gasteiger charge is 2.24.